The Kier molecular flexibility index (Phi) is 4.56. The highest BCUT2D eigenvalue weighted by Crippen LogP contribution is 2.42. The monoisotopic (exact) mass is 360 g/mol. The number of nitro groups is 1. The molecule has 19 heavy (non-hydrogen) atoms. The molecular formula is C11H9BrN2O3S2. The lowest BCUT2D eigenvalue weighted by molar-refractivity contribution is -0.387. The van der Waals surface area contributed by atoms with Gasteiger partial charge in [0.05, 0.1) is 11.0 Å². The predicted molar refractivity (Wildman–Crippen MR) is 77.7 cm³/mol. The van der Waals surface area contributed by atoms with E-state index in [1.165, 1.54) is 29.2 Å². The number of rotatable bonds is 4. The number of hydrogen-bond acceptors (Lipinski definition) is 6. The fourth-order valence-corrected chi connectivity index (χ4v) is 3.72. The summed E-state index contributed by atoms with van der Waals surface area (Å²) in [6.45, 7) is 1.59. The summed E-state index contributed by atoms with van der Waals surface area (Å²) in [5, 5.41) is 21.2. The van der Waals surface area contributed by atoms with Crippen LogP contribution in [0.15, 0.2) is 38.1 Å². The Balaban J connectivity index is 2.33. The Bertz CT molecular complexity index is 598. The molecule has 2 aromatic heterocycles. The van der Waals surface area contributed by atoms with E-state index >= 15 is 0 Å². The second-order valence-electron chi connectivity index (χ2n) is 3.67. The summed E-state index contributed by atoms with van der Waals surface area (Å²) in [5.74, 6) is 0. The van der Waals surface area contributed by atoms with Crippen molar-refractivity contribution in [3.8, 4) is 0 Å². The number of aromatic nitrogens is 1. The standard InChI is InChI=1S/C11H9BrN2O3S2/c1-6(15)9-4-8(14(16)17)11(18-9)19-10-3-2-7(12)5-13-10/h2-6,15H,1H3/t6-/m1/s1. The molecule has 0 aromatic carbocycles. The zero-order chi connectivity index (χ0) is 14.0. The van der Waals surface area contributed by atoms with E-state index in [-0.39, 0.29) is 5.69 Å². The lowest BCUT2D eigenvalue weighted by Crippen LogP contribution is -1.87. The van der Waals surface area contributed by atoms with Gasteiger partial charge in [-0.25, -0.2) is 4.98 Å². The minimum Gasteiger partial charge on any atom is -0.388 e. The van der Waals surface area contributed by atoms with E-state index in [2.05, 4.69) is 20.9 Å². The van der Waals surface area contributed by atoms with Gasteiger partial charge in [-0.05, 0) is 35.0 Å². The van der Waals surface area contributed by atoms with Crippen LogP contribution in [0, 0.1) is 10.1 Å². The van der Waals surface area contributed by atoms with Crippen molar-refractivity contribution in [1.82, 2.24) is 4.98 Å². The Morgan fingerprint density at radius 2 is 2.32 bits per heavy atom. The van der Waals surface area contributed by atoms with Crippen LogP contribution in [0.2, 0.25) is 0 Å². The van der Waals surface area contributed by atoms with Gasteiger partial charge >= 0.3 is 0 Å². The lowest BCUT2D eigenvalue weighted by atomic mass is 10.3. The first-order chi connectivity index (χ1) is 8.97. The summed E-state index contributed by atoms with van der Waals surface area (Å²) in [4.78, 5) is 15.3. The fourth-order valence-electron chi connectivity index (χ4n) is 1.31. The second kappa shape index (κ2) is 6.00. The molecule has 2 aromatic rings. The number of thiophene rings is 1. The molecule has 0 amide bonds. The molecule has 100 valence electrons. The number of aliphatic hydroxyl groups excluding tert-OH is 1. The van der Waals surface area contributed by atoms with Crippen LogP contribution in [0.5, 0.6) is 0 Å². The minimum atomic E-state index is -0.712. The van der Waals surface area contributed by atoms with Gasteiger partial charge in [-0.2, -0.15) is 0 Å². The zero-order valence-corrected chi connectivity index (χ0v) is 13.0. The van der Waals surface area contributed by atoms with Crippen molar-refractivity contribution in [2.45, 2.75) is 22.3 Å². The van der Waals surface area contributed by atoms with Crippen LogP contribution in [0.25, 0.3) is 0 Å². The highest BCUT2D eigenvalue weighted by Gasteiger charge is 2.22. The highest BCUT2D eigenvalue weighted by atomic mass is 79.9. The minimum absolute atomic E-state index is 0.00983. The van der Waals surface area contributed by atoms with E-state index in [4.69, 9.17) is 0 Å². The van der Waals surface area contributed by atoms with Gasteiger partial charge in [0.2, 0.25) is 0 Å². The van der Waals surface area contributed by atoms with E-state index < -0.39 is 11.0 Å². The summed E-state index contributed by atoms with van der Waals surface area (Å²) in [6, 6.07) is 5.01. The van der Waals surface area contributed by atoms with Crippen molar-refractivity contribution < 1.29 is 10.0 Å². The molecule has 5 nitrogen and oxygen atoms in total. The van der Waals surface area contributed by atoms with Gasteiger partial charge in [-0.3, -0.25) is 10.1 Å². The first kappa shape index (κ1) is 14.4. The summed E-state index contributed by atoms with van der Waals surface area (Å²) in [7, 11) is 0. The van der Waals surface area contributed by atoms with E-state index in [1.54, 1.807) is 19.2 Å². The van der Waals surface area contributed by atoms with Crippen LogP contribution in [0.1, 0.15) is 17.9 Å². The number of pyridine rings is 1. The summed E-state index contributed by atoms with van der Waals surface area (Å²) in [5.41, 5.74) is 0.00983. The summed E-state index contributed by atoms with van der Waals surface area (Å²) < 4.78 is 1.37. The SMILES string of the molecule is C[C@@H](O)c1cc([N+](=O)[O-])c(Sc2ccc(Br)cn2)s1. The maximum atomic E-state index is 11.0. The van der Waals surface area contributed by atoms with Crippen LogP contribution < -0.4 is 0 Å². The summed E-state index contributed by atoms with van der Waals surface area (Å²) >= 11 is 5.72. The highest BCUT2D eigenvalue weighted by molar-refractivity contribution is 9.10. The molecule has 0 fully saturated rings. The third kappa shape index (κ3) is 3.53. The molecule has 0 bridgehead atoms. The van der Waals surface area contributed by atoms with Gasteiger partial charge in [0.15, 0.2) is 0 Å². The Labute approximate surface area is 126 Å². The van der Waals surface area contributed by atoms with E-state index in [9.17, 15) is 15.2 Å². The van der Waals surface area contributed by atoms with Gasteiger partial charge in [0.25, 0.3) is 5.69 Å². The number of halogens is 1. The quantitative estimate of drug-likeness (QED) is 0.658. The zero-order valence-electron chi connectivity index (χ0n) is 9.74. The topological polar surface area (TPSA) is 76.3 Å². The maximum Gasteiger partial charge on any atom is 0.294 e. The largest absolute Gasteiger partial charge is 0.388 e. The molecule has 8 heteroatoms. The summed E-state index contributed by atoms with van der Waals surface area (Å²) in [6.07, 6.45) is 0.924. The molecule has 0 aliphatic heterocycles. The van der Waals surface area contributed by atoms with Crippen LogP contribution >= 0.6 is 39.0 Å². The van der Waals surface area contributed by atoms with Crippen molar-refractivity contribution in [3.05, 3.63) is 43.9 Å². The molecule has 1 N–H and O–H groups in total. The third-order valence-corrected chi connectivity index (χ3v) is 5.11. The average molecular weight is 361 g/mol. The van der Waals surface area contributed by atoms with E-state index in [0.29, 0.717) is 14.1 Å². The first-order valence-corrected chi connectivity index (χ1v) is 7.65. The molecule has 0 saturated heterocycles. The maximum absolute atomic E-state index is 11.0. The van der Waals surface area contributed by atoms with Crippen molar-refractivity contribution in [2.75, 3.05) is 0 Å². The molecule has 1 atom stereocenters. The van der Waals surface area contributed by atoms with Crippen molar-refractivity contribution in [3.63, 3.8) is 0 Å². The molecule has 0 aliphatic rings. The molecule has 2 heterocycles. The van der Waals surface area contributed by atoms with Gasteiger partial charge in [0, 0.05) is 21.6 Å². The second-order valence-corrected chi connectivity index (χ2v) is 6.96. The Hall–Kier alpha value is -0.960. The van der Waals surface area contributed by atoms with E-state index in [0.717, 1.165) is 4.47 Å². The Morgan fingerprint density at radius 3 is 2.84 bits per heavy atom. The molecule has 0 saturated carbocycles. The van der Waals surface area contributed by atoms with Gasteiger partial charge in [-0.1, -0.05) is 11.8 Å². The smallest absolute Gasteiger partial charge is 0.294 e. The molecular weight excluding hydrogens is 352 g/mol. The number of hydrogen-bond donors (Lipinski definition) is 1. The first-order valence-electron chi connectivity index (χ1n) is 5.23. The van der Waals surface area contributed by atoms with Crippen LogP contribution in [0.3, 0.4) is 0 Å². The van der Waals surface area contributed by atoms with Crippen molar-refractivity contribution >= 4 is 44.7 Å². The molecule has 0 spiro atoms. The third-order valence-electron chi connectivity index (χ3n) is 2.20. The Morgan fingerprint density at radius 1 is 1.58 bits per heavy atom. The van der Waals surface area contributed by atoms with Crippen LogP contribution in [-0.4, -0.2) is 15.0 Å². The van der Waals surface area contributed by atoms with Crippen molar-refractivity contribution in [2.24, 2.45) is 0 Å². The average Bonchev–Trinajstić information content (AvgIpc) is 2.76. The fraction of sp³-hybridized carbons (Fsp3) is 0.182. The van der Waals surface area contributed by atoms with Crippen molar-refractivity contribution in [1.29, 1.82) is 0 Å². The molecule has 0 unspecified atom stereocenters. The van der Waals surface area contributed by atoms with Gasteiger partial charge in [0.1, 0.15) is 9.24 Å². The normalized spacial score (nSPS) is 12.4. The van der Waals surface area contributed by atoms with Crippen LogP contribution in [-0.2, 0) is 0 Å². The van der Waals surface area contributed by atoms with Gasteiger partial charge in [-0.15, -0.1) is 11.3 Å². The molecule has 0 radical (unpaired) electrons. The van der Waals surface area contributed by atoms with Crippen LogP contribution in [0.4, 0.5) is 5.69 Å². The molecule has 2 rings (SSSR count). The van der Waals surface area contributed by atoms with Gasteiger partial charge < -0.3 is 5.11 Å². The number of aliphatic hydroxyl groups is 1. The molecule has 0 aliphatic carbocycles. The predicted octanol–water partition coefficient (Wildman–Crippen LogP) is 4.02. The van der Waals surface area contributed by atoms with E-state index in [1.807, 2.05) is 6.07 Å². The lowest BCUT2D eigenvalue weighted by Gasteiger charge is -1.98. The number of nitrogens with zero attached hydrogens (tertiary/aromatic N) is 2.